The van der Waals surface area contributed by atoms with E-state index < -0.39 is 0 Å². The van der Waals surface area contributed by atoms with E-state index >= 15 is 0 Å². The van der Waals surface area contributed by atoms with Gasteiger partial charge >= 0.3 is 0 Å². The van der Waals surface area contributed by atoms with Gasteiger partial charge in [-0.1, -0.05) is 0 Å². The van der Waals surface area contributed by atoms with Crippen molar-refractivity contribution in [3.05, 3.63) is 36.2 Å². The first-order valence-corrected chi connectivity index (χ1v) is 6.20. The highest BCUT2D eigenvalue weighted by Crippen LogP contribution is 2.18. The summed E-state index contributed by atoms with van der Waals surface area (Å²) in [7, 11) is 0. The number of nitrogens with one attached hydrogen (secondary N) is 2. The molecule has 0 atom stereocenters. The first kappa shape index (κ1) is 11.3. The van der Waals surface area contributed by atoms with Gasteiger partial charge in [0.05, 0.1) is 23.8 Å². The second kappa shape index (κ2) is 4.86. The average Bonchev–Trinajstić information content (AvgIpc) is 3.08. The number of nitrogens with zero attached hydrogens (tertiary/aromatic N) is 2. The highest BCUT2D eigenvalue weighted by atomic mass is 19.1. The Labute approximate surface area is 105 Å². The predicted octanol–water partition coefficient (Wildman–Crippen LogP) is 1.91. The van der Waals surface area contributed by atoms with Crippen molar-refractivity contribution in [2.24, 2.45) is 0 Å². The summed E-state index contributed by atoms with van der Waals surface area (Å²) in [5, 5.41) is 3.44. The summed E-state index contributed by atoms with van der Waals surface area (Å²) in [4.78, 5) is 11.5. The van der Waals surface area contributed by atoms with E-state index in [4.69, 9.17) is 0 Å². The molecule has 0 bridgehead atoms. The van der Waals surface area contributed by atoms with Crippen LogP contribution in [0.25, 0.3) is 11.4 Å². The summed E-state index contributed by atoms with van der Waals surface area (Å²) in [6.45, 7) is 0.939. The lowest BCUT2D eigenvalue weighted by Gasteiger charge is -1.99. The zero-order chi connectivity index (χ0) is 12.4. The molecule has 4 nitrogen and oxygen atoms in total. The maximum Gasteiger partial charge on any atom is 0.141 e. The summed E-state index contributed by atoms with van der Waals surface area (Å²) < 4.78 is 12.8. The summed E-state index contributed by atoms with van der Waals surface area (Å²) >= 11 is 0. The summed E-state index contributed by atoms with van der Waals surface area (Å²) in [5.74, 6) is 0.608. The van der Waals surface area contributed by atoms with Crippen LogP contribution in [0.15, 0.2) is 24.5 Å². The highest BCUT2D eigenvalue weighted by molar-refractivity contribution is 5.52. The molecule has 5 heteroatoms. The Bertz CT molecular complexity index is 516. The molecule has 3 rings (SSSR count). The Kier molecular flexibility index (Phi) is 3.06. The summed E-state index contributed by atoms with van der Waals surface area (Å²) in [6, 6.07) is 3.77. The molecule has 0 amide bonds. The fourth-order valence-electron chi connectivity index (χ4n) is 1.84. The lowest BCUT2D eigenvalue weighted by Crippen LogP contribution is -2.19. The molecule has 1 aliphatic carbocycles. The van der Waals surface area contributed by atoms with E-state index in [2.05, 4.69) is 20.3 Å². The molecule has 0 aliphatic heterocycles. The van der Waals surface area contributed by atoms with Gasteiger partial charge in [0.25, 0.3) is 0 Å². The van der Waals surface area contributed by atoms with Gasteiger partial charge in [-0.15, -0.1) is 0 Å². The van der Waals surface area contributed by atoms with E-state index in [1.54, 1.807) is 12.3 Å². The molecule has 1 saturated carbocycles. The molecule has 0 radical (unpaired) electrons. The van der Waals surface area contributed by atoms with Crippen molar-refractivity contribution in [3.63, 3.8) is 0 Å². The molecule has 2 aromatic heterocycles. The van der Waals surface area contributed by atoms with Crippen LogP contribution in [-0.4, -0.2) is 27.5 Å². The molecule has 2 heterocycles. The second-order valence-electron chi connectivity index (χ2n) is 4.58. The minimum atomic E-state index is -0.327. The Morgan fingerprint density at radius 2 is 2.17 bits per heavy atom. The fraction of sp³-hybridized carbons (Fsp3) is 0.385. The normalized spacial score (nSPS) is 14.9. The first-order chi connectivity index (χ1) is 8.81. The van der Waals surface area contributed by atoms with Crippen LogP contribution >= 0.6 is 0 Å². The van der Waals surface area contributed by atoms with E-state index in [-0.39, 0.29) is 5.82 Å². The largest absolute Gasteiger partial charge is 0.341 e. The molecule has 0 unspecified atom stereocenters. The third-order valence-electron chi connectivity index (χ3n) is 3.00. The third kappa shape index (κ3) is 2.73. The van der Waals surface area contributed by atoms with E-state index in [9.17, 15) is 4.39 Å². The number of aromatic nitrogens is 3. The van der Waals surface area contributed by atoms with Gasteiger partial charge in [-0.3, -0.25) is 4.98 Å². The van der Waals surface area contributed by atoms with Crippen LogP contribution in [0.2, 0.25) is 0 Å². The van der Waals surface area contributed by atoms with Crippen LogP contribution in [-0.2, 0) is 6.42 Å². The number of imidazole rings is 1. The van der Waals surface area contributed by atoms with Crippen molar-refractivity contribution in [2.45, 2.75) is 25.3 Å². The number of rotatable bonds is 5. The van der Waals surface area contributed by atoms with Gasteiger partial charge in [-0.25, -0.2) is 9.37 Å². The summed E-state index contributed by atoms with van der Waals surface area (Å²) in [6.07, 6.45) is 6.42. The molecule has 0 aromatic carbocycles. The van der Waals surface area contributed by atoms with E-state index in [0.29, 0.717) is 5.69 Å². The number of H-pyrrole nitrogens is 1. The van der Waals surface area contributed by atoms with Gasteiger partial charge in [-0.2, -0.15) is 0 Å². The fourth-order valence-corrected chi connectivity index (χ4v) is 1.84. The average molecular weight is 246 g/mol. The lowest BCUT2D eigenvalue weighted by molar-refractivity contribution is 0.622. The van der Waals surface area contributed by atoms with Crippen LogP contribution in [0.4, 0.5) is 4.39 Å². The molecule has 1 aliphatic rings. The maximum absolute atomic E-state index is 12.8. The molecule has 94 valence electrons. The molecular formula is C13H15FN4. The smallest absolute Gasteiger partial charge is 0.141 e. The van der Waals surface area contributed by atoms with Crippen molar-refractivity contribution in [3.8, 4) is 11.4 Å². The van der Waals surface area contributed by atoms with Crippen molar-refractivity contribution >= 4 is 0 Å². The molecule has 0 saturated heterocycles. The zero-order valence-corrected chi connectivity index (χ0v) is 9.99. The van der Waals surface area contributed by atoms with Gasteiger partial charge in [0.15, 0.2) is 0 Å². The van der Waals surface area contributed by atoms with E-state index in [1.807, 2.05) is 0 Å². The number of halogens is 1. The summed E-state index contributed by atoms with van der Waals surface area (Å²) in [5.41, 5.74) is 1.54. The van der Waals surface area contributed by atoms with Gasteiger partial charge in [0, 0.05) is 19.0 Å². The molecule has 2 N–H and O–H groups in total. The van der Waals surface area contributed by atoms with Gasteiger partial charge in [0.1, 0.15) is 11.6 Å². The maximum atomic E-state index is 12.8. The van der Waals surface area contributed by atoms with Gasteiger partial charge < -0.3 is 10.3 Å². The van der Waals surface area contributed by atoms with Crippen molar-refractivity contribution in [2.75, 3.05) is 6.54 Å². The van der Waals surface area contributed by atoms with Crippen LogP contribution in [0.5, 0.6) is 0 Å². The van der Waals surface area contributed by atoms with Crippen LogP contribution in [0.1, 0.15) is 18.7 Å². The van der Waals surface area contributed by atoms with Crippen LogP contribution in [0, 0.1) is 5.82 Å². The van der Waals surface area contributed by atoms with Gasteiger partial charge in [-0.05, 0) is 25.0 Å². The highest BCUT2D eigenvalue weighted by Gasteiger charge is 2.19. The van der Waals surface area contributed by atoms with Crippen molar-refractivity contribution in [1.82, 2.24) is 20.3 Å². The van der Waals surface area contributed by atoms with E-state index in [0.717, 1.165) is 30.5 Å². The number of hydrogen-bond acceptors (Lipinski definition) is 3. The third-order valence-corrected chi connectivity index (χ3v) is 3.00. The van der Waals surface area contributed by atoms with Crippen molar-refractivity contribution in [1.29, 1.82) is 0 Å². The second-order valence-corrected chi connectivity index (χ2v) is 4.58. The van der Waals surface area contributed by atoms with Crippen LogP contribution in [0.3, 0.4) is 0 Å². The Balaban J connectivity index is 1.62. The quantitative estimate of drug-likeness (QED) is 0.847. The van der Waals surface area contributed by atoms with Gasteiger partial charge in [0.2, 0.25) is 0 Å². The Morgan fingerprint density at radius 1 is 1.28 bits per heavy atom. The minimum Gasteiger partial charge on any atom is -0.341 e. The number of pyridine rings is 1. The molecule has 2 aromatic rings. The Hall–Kier alpha value is -1.75. The van der Waals surface area contributed by atoms with Crippen molar-refractivity contribution < 1.29 is 4.39 Å². The lowest BCUT2D eigenvalue weighted by atomic mass is 10.3. The zero-order valence-electron chi connectivity index (χ0n) is 9.99. The molecule has 18 heavy (non-hydrogen) atoms. The first-order valence-electron chi connectivity index (χ1n) is 6.20. The predicted molar refractivity (Wildman–Crippen MR) is 66.5 cm³/mol. The minimum absolute atomic E-state index is 0.327. The molecular weight excluding hydrogens is 231 g/mol. The Morgan fingerprint density at radius 3 is 2.89 bits per heavy atom. The SMILES string of the molecule is Fc1ccc(-c2cnc(CCNC3CC3)[nH]2)nc1. The monoisotopic (exact) mass is 246 g/mol. The topological polar surface area (TPSA) is 53.6 Å². The molecule has 0 spiro atoms. The van der Waals surface area contributed by atoms with E-state index in [1.165, 1.54) is 25.1 Å². The van der Waals surface area contributed by atoms with Crippen LogP contribution < -0.4 is 5.32 Å². The number of hydrogen-bond donors (Lipinski definition) is 2. The molecule has 1 fully saturated rings. The standard InChI is InChI=1S/C13H15FN4/c14-9-1-4-11(16-7-9)12-8-17-13(18-12)5-6-15-10-2-3-10/h1,4,7-8,10,15H,2-3,5-6H2,(H,17,18). The number of aromatic amines is 1.